The van der Waals surface area contributed by atoms with Gasteiger partial charge < -0.3 is 20.5 Å². The number of benzene rings is 1. The van der Waals surface area contributed by atoms with Crippen LogP contribution in [0.2, 0.25) is 0 Å². The number of nitrogens with two attached hydrogens (primary N) is 1. The van der Waals surface area contributed by atoms with Crippen molar-refractivity contribution in [3.63, 3.8) is 0 Å². The summed E-state index contributed by atoms with van der Waals surface area (Å²) in [5.41, 5.74) is 5.49. The SMILES string of the molecule is COc1cc(F)c(NC(=O)CCCCCCN)cc1OC.Cl. The molecule has 126 valence electrons. The number of hydrogen-bond acceptors (Lipinski definition) is 4. The average Bonchev–Trinajstić information content (AvgIpc) is 2.48. The first kappa shape index (κ1) is 20.5. The topological polar surface area (TPSA) is 73.6 Å². The van der Waals surface area contributed by atoms with E-state index in [-0.39, 0.29) is 29.8 Å². The second-order valence-corrected chi connectivity index (χ2v) is 4.69. The molecule has 0 aliphatic carbocycles. The van der Waals surface area contributed by atoms with E-state index < -0.39 is 5.82 Å². The van der Waals surface area contributed by atoms with Crippen LogP contribution >= 0.6 is 12.4 Å². The second-order valence-electron chi connectivity index (χ2n) is 4.69. The first-order valence-electron chi connectivity index (χ1n) is 7.03. The van der Waals surface area contributed by atoms with E-state index >= 15 is 0 Å². The fraction of sp³-hybridized carbons (Fsp3) is 0.533. The normalized spacial score (nSPS) is 9.82. The lowest BCUT2D eigenvalue weighted by molar-refractivity contribution is -0.116. The van der Waals surface area contributed by atoms with Crippen LogP contribution in [0.1, 0.15) is 32.1 Å². The van der Waals surface area contributed by atoms with Gasteiger partial charge in [0.2, 0.25) is 5.91 Å². The van der Waals surface area contributed by atoms with Crippen molar-refractivity contribution in [2.24, 2.45) is 5.73 Å². The third-order valence-electron chi connectivity index (χ3n) is 3.11. The van der Waals surface area contributed by atoms with Gasteiger partial charge in [0, 0.05) is 18.6 Å². The molecule has 0 aliphatic heterocycles. The number of ether oxygens (including phenoxy) is 2. The molecule has 5 nitrogen and oxygen atoms in total. The molecule has 0 unspecified atom stereocenters. The van der Waals surface area contributed by atoms with E-state index in [1.165, 1.54) is 26.4 Å². The molecule has 22 heavy (non-hydrogen) atoms. The molecule has 1 amide bonds. The predicted molar refractivity (Wildman–Crippen MR) is 87.5 cm³/mol. The lowest BCUT2D eigenvalue weighted by atomic mass is 10.1. The number of hydrogen-bond donors (Lipinski definition) is 2. The molecule has 0 spiro atoms. The van der Waals surface area contributed by atoms with Crippen molar-refractivity contribution >= 4 is 24.0 Å². The fourth-order valence-corrected chi connectivity index (χ4v) is 1.95. The van der Waals surface area contributed by atoms with Gasteiger partial charge in [0.25, 0.3) is 0 Å². The summed E-state index contributed by atoms with van der Waals surface area (Å²) in [6.07, 6.45) is 4.04. The molecule has 0 fully saturated rings. The Hall–Kier alpha value is -1.53. The van der Waals surface area contributed by atoms with E-state index in [0.717, 1.165) is 25.7 Å². The molecule has 0 heterocycles. The van der Waals surface area contributed by atoms with Crippen molar-refractivity contribution in [1.29, 1.82) is 0 Å². The Bertz CT molecular complexity index is 472. The van der Waals surface area contributed by atoms with Crippen LogP contribution in [0.3, 0.4) is 0 Å². The highest BCUT2D eigenvalue weighted by atomic mass is 35.5. The first-order valence-corrected chi connectivity index (χ1v) is 7.03. The molecule has 0 saturated heterocycles. The van der Waals surface area contributed by atoms with Crippen LogP contribution in [0, 0.1) is 5.82 Å². The quantitative estimate of drug-likeness (QED) is 0.680. The molecule has 0 aromatic heterocycles. The van der Waals surface area contributed by atoms with Gasteiger partial charge in [0.1, 0.15) is 0 Å². The summed E-state index contributed by atoms with van der Waals surface area (Å²) < 4.78 is 23.9. The maximum absolute atomic E-state index is 13.8. The summed E-state index contributed by atoms with van der Waals surface area (Å²) in [7, 11) is 2.88. The molecule has 0 bridgehead atoms. The summed E-state index contributed by atoms with van der Waals surface area (Å²) >= 11 is 0. The monoisotopic (exact) mass is 334 g/mol. The molecule has 1 aromatic rings. The number of unbranched alkanes of at least 4 members (excludes halogenated alkanes) is 3. The fourth-order valence-electron chi connectivity index (χ4n) is 1.95. The van der Waals surface area contributed by atoms with E-state index in [2.05, 4.69) is 5.32 Å². The third-order valence-corrected chi connectivity index (χ3v) is 3.11. The number of nitrogens with one attached hydrogen (secondary N) is 1. The summed E-state index contributed by atoms with van der Waals surface area (Å²) in [4.78, 5) is 11.8. The molecule has 0 aliphatic rings. The maximum Gasteiger partial charge on any atom is 0.224 e. The van der Waals surface area contributed by atoms with E-state index in [1.807, 2.05) is 0 Å². The van der Waals surface area contributed by atoms with Gasteiger partial charge in [-0.3, -0.25) is 4.79 Å². The highest BCUT2D eigenvalue weighted by molar-refractivity contribution is 5.91. The Morgan fingerprint density at radius 2 is 1.73 bits per heavy atom. The van der Waals surface area contributed by atoms with Gasteiger partial charge in [-0.05, 0) is 19.4 Å². The van der Waals surface area contributed by atoms with Gasteiger partial charge in [0.05, 0.1) is 19.9 Å². The van der Waals surface area contributed by atoms with Gasteiger partial charge in [-0.25, -0.2) is 4.39 Å². The molecule has 1 aromatic carbocycles. The van der Waals surface area contributed by atoms with Gasteiger partial charge in [-0.1, -0.05) is 12.8 Å². The molecular formula is C15H24ClFN2O3. The van der Waals surface area contributed by atoms with E-state index in [4.69, 9.17) is 15.2 Å². The van der Waals surface area contributed by atoms with Gasteiger partial charge in [0.15, 0.2) is 17.3 Å². The van der Waals surface area contributed by atoms with Crippen LogP contribution in [0.4, 0.5) is 10.1 Å². The third kappa shape index (κ3) is 6.49. The number of methoxy groups -OCH3 is 2. The molecule has 7 heteroatoms. The van der Waals surface area contributed by atoms with E-state index in [0.29, 0.717) is 18.7 Å². The number of carbonyl (C=O) groups is 1. The predicted octanol–water partition coefficient (Wildman–Crippen LogP) is 3.11. The molecule has 0 radical (unpaired) electrons. The molecule has 0 atom stereocenters. The number of rotatable bonds is 9. The molecule has 1 rings (SSSR count). The summed E-state index contributed by atoms with van der Waals surface area (Å²) in [6, 6.07) is 2.61. The highest BCUT2D eigenvalue weighted by Crippen LogP contribution is 2.32. The van der Waals surface area contributed by atoms with Crippen LogP contribution in [-0.2, 0) is 4.79 Å². The van der Waals surface area contributed by atoms with Crippen LogP contribution in [0.15, 0.2) is 12.1 Å². The summed E-state index contributed by atoms with van der Waals surface area (Å²) in [5, 5.41) is 2.55. The van der Waals surface area contributed by atoms with E-state index in [9.17, 15) is 9.18 Å². The zero-order chi connectivity index (χ0) is 15.7. The first-order chi connectivity index (χ1) is 10.1. The average molecular weight is 335 g/mol. The van der Waals surface area contributed by atoms with Crippen molar-refractivity contribution in [2.45, 2.75) is 32.1 Å². The minimum Gasteiger partial charge on any atom is -0.493 e. The van der Waals surface area contributed by atoms with Crippen molar-refractivity contribution in [3.05, 3.63) is 17.9 Å². The Labute approximate surface area is 136 Å². The minimum absolute atomic E-state index is 0. The van der Waals surface area contributed by atoms with Crippen LogP contribution < -0.4 is 20.5 Å². The van der Waals surface area contributed by atoms with E-state index in [1.54, 1.807) is 0 Å². The molecular weight excluding hydrogens is 311 g/mol. The standard InChI is InChI=1S/C15H23FN2O3.ClH/c1-20-13-9-11(16)12(10-14(13)21-2)18-15(19)7-5-3-4-6-8-17;/h9-10H,3-8,17H2,1-2H3,(H,18,19);1H. The zero-order valence-electron chi connectivity index (χ0n) is 13.0. The Kier molecular flexibility index (Phi) is 10.3. The summed E-state index contributed by atoms with van der Waals surface area (Å²) in [6.45, 7) is 0.670. The van der Waals surface area contributed by atoms with Crippen LogP contribution in [0.5, 0.6) is 11.5 Å². The van der Waals surface area contributed by atoms with Gasteiger partial charge in [-0.15, -0.1) is 12.4 Å². The highest BCUT2D eigenvalue weighted by Gasteiger charge is 2.13. The lowest BCUT2D eigenvalue weighted by Gasteiger charge is -2.11. The maximum atomic E-state index is 13.8. The van der Waals surface area contributed by atoms with Crippen LogP contribution in [-0.4, -0.2) is 26.7 Å². The van der Waals surface area contributed by atoms with Crippen molar-refractivity contribution in [1.82, 2.24) is 0 Å². The number of amides is 1. The summed E-state index contributed by atoms with van der Waals surface area (Å²) in [5.74, 6) is -0.107. The number of carbonyl (C=O) groups excluding carboxylic acids is 1. The van der Waals surface area contributed by atoms with Gasteiger partial charge >= 0.3 is 0 Å². The molecule has 3 N–H and O–H groups in total. The van der Waals surface area contributed by atoms with Crippen molar-refractivity contribution < 1.29 is 18.7 Å². The number of anilines is 1. The molecule has 0 saturated carbocycles. The smallest absolute Gasteiger partial charge is 0.224 e. The lowest BCUT2D eigenvalue weighted by Crippen LogP contribution is -2.12. The number of halogens is 2. The van der Waals surface area contributed by atoms with Crippen molar-refractivity contribution in [2.75, 3.05) is 26.1 Å². The Morgan fingerprint density at radius 3 is 2.32 bits per heavy atom. The Balaban J connectivity index is 0.00000441. The van der Waals surface area contributed by atoms with Crippen molar-refractivity contribution in [3.8, 4) is 11.5 Å². The van der Waals surface area contributed by atoms with Gasteiger partial charge in [-0.2, -0.15) is 0 Å². The minimum atomic E-state index is -0.552. The second kappa shape index (κ2) is 11.1. The Morgan fingerprint density at radius 1 is 1.14 bits per heavy atom. The zero-order valence-corrected chi connectivity index (χ0v) is 13.8. The van der Waals surface area contributed by atoms with Crippen LogP contribution in [0.25, 0.3) is 0 Å². The largest absolute Gasteiger partial charge is 0.493 e.